The summed E-state index contributed by atoms with van der Waals surface area (Å²) in [4.78, 5) is 0. The van der Waals surface area contributed by atoms with Crippen LogP contribution in [0.3, 0.4) is 0 Å². The van der Waals surface area contributed by atoms with E-state index >= 15 is 0 Å². The average Bonchev–Trinajstić information content (AvgIpc) is 2.23. The molecule has 2 nitrogen and oxygen atoms in total. The molecule has 0 heterocycles. The van der Waals surface area contributed by atoms with Crippen molar-refractivity contribution in [3.05, 3.63) is 28.8 Å². The average molecular weight is 207 g/mol. The van der Waals surface area contributed by atoms with E-state index in [0.29, 0.717) is 0 Å². The maximum absolute atomic E-state index is 5.79. The molecular formula is C13H21NO. The monoisotopic (exact) mass is 207 g/mol. The highest BCUT2D eigenvalue weighted by molar-refractivity contribution is 5.44. The lowest BCUT2D eigenvalue weighted by molar-refractivity contribution is 0.311. The minimum Gasteiger partial charge on any atom is -0.492 e. The zero-order valence-corrected chi connectivity index (χ0v) is 10.2. The molecule has 84 valence electrons. The fraction of sp³-hybridized carbons (Fsp3) is 0.538. The first-order chi connectivity index (χ1) is 7.16. The molecule has 0 aromatic heterocycles. The molecule has 0 aliphatic heterocycles. The Morgan fingerprint density at radius 1 is 1.13 bits per heavy atom. The normalized spacial score (nSPS) is 10.4. The number of likely N-dealkylation sites (N-methyl/N-ethyl adjacent to an activating group) is 1. The fourth-order valence-corrected chi connectivity index (χ4v) is 1.55. The molecular weight excluding hydrogens is 186 g/mol. The summed E-state index contributed by atoms with van der Waals surface area (Å²) in [6.45, 7) is 11.1. The van der Waals surface area contributed by atoms with Crippen LogP contribution in [0.25, 0.3) is 0 Å². The van der Waals surface area contributed by atoms with Crippen LogP contribution in [0.2, 0.25) is 0 Å². The van der Waals surface area contributed by atoms with Gasteiger partial charge in [-0.1, -0.05) is 19.1 Å². The minimum absolute atomic E-state index is 0.735. The van der Waals surface area contributed by atoms with Gasteiger partial charge in [0.15, 0.2) is 0 Å². The molecule has 1 N–H and O–H groups in total. The van der Waals surface area contributed by atoms with Crippen LogP contribution in [0.15, 0.2) is 12.1 Å². The van der Waals surface area contributed by atoms with E-state index < -0.39 is 0 Å². The van der Waals surface area contributed by atoms with Gasteiger partial charge in [-0.15, -0.1) is 0 Å². The Kier molecular flexibility index (Phi) is 4.63. The number of nitrogens with one attached hydrogen (secondary N) is 1. The van der Waals surface area contributed by atoms with Gasteiger partial charge in [0, 0.05) is 6.54 Å². The maximum Gasteiger partial charge on any atom is 0.125 e. The third kappa shape index (κ3) is 3.24. The number of benzene rings is 1. The number of hydrogen-bond donors (Lipinski definition) is 1. The molecule has 2 heteroatoms. The minimum atomic E-state index is 0.735. The fourth-order valence-electron chi connectivity index (χ4n) is 1.55. The first-order valence-electron chi connectivity index (χ1n) is 5.57. The van der Waals surface area contributed by atoms with E-state index in [4.69, 9.17) is 4.74 Å². The van der Waals surface area contributed by atoms with Crippen LogP contribution in [-0.4, -0.2) is 19.7 Å². The van der Waals surface area contributed by atoms with Gasteiger partial charge in [-0.25, -0.2) is 0 Å². The standard InChI is InChI=1S/C13H21NO/c1-5-14-8-9-15-13-11(3)7-6-10(2)12(13)4/h6-7,14H,5,8-9H2,1-4H3. The summed E-state index contributed by atoms with van der Waals surface area (Å²) >= 11 is 0. The highest BCUT2D eigenvalue weighted by Gasteiger charge is 2.05. The predicted molar refractivity (Wildman–Crippen MR) is 64.7 cm³/mol. The third-order valence-corrected chi connectivity index (χ3v) is 2.65. The molecule has 1 aromatic carbocycles. The summed E-state index contributed by atoms with van der Waals surface area (Å²) in [6.07, 6.45) is 0. The van der Waals surface area contributed by atoms with E-state index in [1.807, 2.05) is 0 Å². The number of aryl methyl sites for hydroxylation is 2. The zero-order chi connectivity index (χ0) is 11.3. The SMILES string of the molecule is CCNCCOc1c(C)ccc(C)c1C. The van der Waals surface area contributed by atoms with Crippen molar-refractivity contribution in [2.45, 2.75) is 27.7 Å². The van der Waals surface area contributed by atoms with Crippen LogP contribution in [-0.2, 0) is 0 Å². The smallest absolute Gasteiger partial charge is 0.125 e. The molecule has 0 aliphatic rings. The summed E-state index contributed by atoms with van der Waals surface area (Å²) in [5.41, 5.74) is 3.76. The maximum atomic E-state index is 5.79. The van der Waals surface area contributed by atoms with E-state index in [0.717, 1.165) is 25.4 Å². The van der Waals surface area contributed by atoms with Gasteiger partial charge < -0.3 is 10.1 Å². The Morgan fingerprint density at radius 2 is 1.80 bits per heavy atom. The number of hydrogen-bond acceptors (Lipinski definition) is 2. The Morgan fingerprint density at radius 3 is 2.47 bits per heavy atom. The van der Waals surface area contributed by atoms with Crippen molar-refractivity contribution in [2.24, 2.45) is 0 Å². The van der Waals surface area contributed by atoms with Crippen molar-refractivity contribution in [3.63, 3.8) is 0 Å². The van der Waals surface area contributed by atoms with Crippen molar-refractivity contribution < 1.29 is 4.74 Å². The quantitative estimate of drug-likeness (QED) is 0.749. The molecule has 15 heavy (non-hydrogen) atoms. The number of ether oxygens (including phenoxy) is 1. The molecule has 0 saturated carbocycles. The summed E-state index contributed by atoms with van der Waals surface area (Å²) in [7, 11) is 0. The molecule has 0 aliphatic carbocycles. The van der Waals surface area contributed by atoms with E-state index in [-0.39, 0.29) is 0 Å². The Balaban J connectivity index is 2.63. The first-order valence-corrected chi connectivity index (χ1v) is 5.57. The van der Waals surface area contributed by atoms with Gasteiger partial charge in [0.25, 0.3) is 0 Å². The third-order valence-electron chi connectivity index (χ3n) is 2.65. The molecule has 0 amide bonds. The highest BCUT2D eigenvalue weighted by atomic mass is 16.5. The van der Waals surface area contributed by atoms with Crippen molar-refractivity contribution in [1.82, 2.24) is 5.32 Å². The molecule has 0 bridgehead atoms. The van der Waals surface area contributed by atoms with Gasteiger partial charge in [0.05, 0.1) is 0 Å². The van der Waals surface area contributed by atoms with Crippen molar-refractivity contribution >= 4 is 0 Å². The van der Waals surface area contributed by atoms with Crippen LogP contribution in [0, 0.1) is 20.8 Å². The van der Waals surface area contributed by atoms with Crippen LogP contribution in [0.4, 0.5) is 0 Å². The molecule has 0 saturated heterocycles. The molecule has 0 fully saturated rings. The van der Waals surface area contributed by atoms with E-state index in [1.54, 1.807) is 0 Å². The summed E-state index contributed by atoms with van der Waals surface area (Å²) in [6, 6.07) is 4.26. The van der Waals surface area contributed by atoms with Gasteiger partial charge >= 0.3 is 0 Å². The topological polar surface area (TPSA) is 21.3 Å². The van der Waals surface area contributed by atoms with Crippen molar-refractivity contribution in [3.8, 4) is 5.75 Å². The van der Waals surface area contributed by atoms with Gasteiger partial charge in [0.1, 0.15) is 12.4 Å². The second kappa shape index (κ2) is 5.76. The van der Waals surface area contributed by atoms with E-state index in [2.05, 4.69) is 45.1 Å². The highest BCUT2D eigenvalue weighted by Crippen LogP contribution is 2.25. The van der Waals surface area contributed by atoms with Gasteiger partial charge in [-0.2, -0.15) is 0 Å². The van der Waals surface area contributed by atoms with Gasteiger partial charge in [0.2, 0.25) is 0 Å². The molecule has 1 rings (SSSR count). The molecule has 0 atom stereocenters. The van der Waals surface area contributed by atoms with Crippen LogP contribution in [0.1, 0.15) is 23.6 Å². The second-order valence-electron chi connectivity index (χ2n) is 3.86. The molecule has 0 radical (unpaired) electrons. The molecule has 1 aromatic rings. The Labute approximate surface area is 92.6 Å². The zero-order valence-electron chi connectivity index (χ0n) is 10.2. The summed E-state index contributed by atoms with van der Waals surface area (Å²) < 4.78 is 5.79. The lowest BCUT2D eigenvalue weighted by Gasteiger charge is -2.13. The Bertz CT molecular complexity index is 321. The largest absolute Gasteiger partial charge is 0.492 e. The van der Waals surface area contributed by atoms with Gasteiger partial charge in [-0.3, -0.25) is 0 Å². The molecule has 0 spiro atoms. The first kappa shape index (κ1) is 12.1. The summed E-state index contributed by atoms with van der Waals surface area (Å²) in [5, 5.41) is 3.25. The van der Waals surface area contributed by atoms with Crippen LogP contribution >= 0.6 is 0 Å². The van der Waals surface area contributed by atoms with Crippen LogP contribution < -0.4 is 10.1 Å². The number of rotatable bonds is 5. The second-order valence-corrected chi connectivity index (χ2v) is 3.86. The Hall–Kier alpha value is -1.02. The lowest BCUT2D eigenvalue weighted by atomic mass is 10.1. The van der Waals surface area contributed by atoms with Crippen molar-refractivity contribution in [1.29, 1.82) is 0 Å². The van der Waals surface area contributed by atoms with Gasteiger partial charge in [-0.05, 0) is 44.0 Å². The van der Waals surface area contributed by atoms with Crippen molar-refractivity contribution in [2.75, 3.05) is 19.7 Å². The van der Waals surface area contributed by atoms with Crippen LogP contribution in [0.5, 0.6) is 5.75 Å². The molecule has 0 unspecified atom stereocenters. The van der Waals surface area contributed by atoms with E-state index in [9.17, 15) is 0 Å². The predicted octanol–water partition coefficient (Wildman–Crippen LogP) is 2.60. The lowest BCUT2D eigenvalue weighted by Crippen LogP contribution is -2.20. The van der Waals surface area contributed by atoms with E-state index in [1.165, 1.54) is 16.7 Å². The summed E-state index contributed by atoms with van der Waals surface area (Å²) in [5.74, 6) is 1.05.